The third-order valence-corrected chi connectivity index (χ3v) is 6.25. The number of fused-ring (bicyclic) bond motifs is 1. The number of rotatable bonds is 7. The highest BCUT2D eigenvalue weighted by Gasteiger charge is 2.15. The number of benzene rings is 1. The summed E-state index contributed by atoms with van der Waals surface area (Å²) in [5.41, 5.74) is 4.63. The molecule has 0 aliphatic carbocycles. The molecule has 0 fully saturated rings. The van der Waals surface area contributed by atoms with Crippen molar-refractivity contribution in [3.8, 4) is 17.0 Å². The quantitative estimate of drug-likeness (QED) is 0.419. The Morgan fingerprint density at radius 1 is 1.19 bits per heavy atom. The fourth-order valence-electron chi connectivity index (χ4n) is 3.28. The number of aromatic nitrogens is 5. The largest absolute Gasteiger partial charge is 0.497 e. The molecule has 1 N–H and O–H groups in total. The molecular weight excluding hydrogens is 432 g/mol. The van der Waals surface area contributed by atoms with Crippen molar-refractivity contribution in [1.82, 2.24) is 24.6 Å². The Bertz CT molecular complexity index is 1230. The Labute approximate surface area is 188 Å². The van der Waals surface area contributed by atoms with E-state index in [9.17, 15) is 4.79 Å². The molecule has 3 aromatic heterocycles. The van der Waals surface area contributed by atoms with E-state index in [1.54, 1.807) is 11.6 Å². The van der Waals surface area contributed by atoms with Gasteiger partial charge in [-0.25, -0.2) is 14.5 Å². The summed E-state index contributed by atoms with van der Waals surface area (Å²) in [7, 11) is 1.63. The maximum atomic E-state index is 12.5. The topological polar surface area (TPSA) is 94.3 Å². The first-order valence-corrected chi connectivity index (χ1v) is 11.8. The number of hydrogen-bond acceptors (Lipinski definition) is 8. The fraction of sp³-hybridized carbons (Fsp3) is 0.286. The lowest BCUT2D eigenvalue weighted by atomic mass is 10.1. The predicted octanol–water partition coefficient (Wildman–Crippen LogP) is 4.17. The first kappa shape index (κ1) is 21.3. The lowest BCUT2D eigenvalue weighted by molar-refractivity contribution is -0.116. The highest BCUT2D eigenvalue weighted by atomic mass is 32.2. The normalized spacial score (nSPS) is 11.1. The number of carbonyl (C=O) groups excluding carboxylic acids is 1. The van der Waals surface area contributed by atoms with Gasteiger partial charge in [0.15, 0.2) is 5.13 Å². The molecule has 1 aromatic carbocycles. The van der Waals surface area contributed by atoms with Gasteiger partial charge in [-0.1, -0.05) is 11.8 Å². The van der Waals surface area contributed by atoms with Crippen molar-refractivity contribution in [2.24, 2.45) is 0 Å². The zero-order valence-corrected chi connectivity index (χ0v) is 19.3. The molecule has 4 rings (SSSR count). The number of aryl methyl sites for hydroxylation is 2. The second-order valence-electron chi connectivity index (χ2n) is 6.89. The summed E-state index contributed by atoms with van der Waals surface area (Å²) in [5.74, 6) is 1.29. The summed E-state index contributed by atoms with van der Waals surface area (Å²) in [5, 5.41) is 10.6. The minimum absolute atomic E-state index is 0.0853. The summed E-state index contributed by atoms with van der Waals surface area (Å²) in [4.78, 5) is 26.0. The Kier molecular flexibility index (Phi) is 6.19. The number of nitrogens with one attached hydrogen (secondary N) is 1. The van der Waals surface area contributed by atoms with Crippen LogP contribution in [0.1, 0.15) is 23.4 Å². The number of thiazole rings is 1. The minimum atomic E-state index is -0.0853. The summed E-state index contributed by atoms with van der Waals surface area (Å²) in [6.45, 7) is 3.92. The molecule has 0 saturated heterocycles. The second kappa shape index (κ2) is 9.03. The monoisotopic (exact) mass is 454 g/mol. The van der Waals surface area contributed by atoms with Gasteiger partial charge in [-0.2, -0.15) is 4.98 Å². The number of hydrogen-bond donors (Lipinski definition) is 1. The van der Waals surface area contributed by atoms with Crippen LogP contribution in [0.25, 0.3) is 17.0 Å². The minimum Gasteiger partial charge on any atom is -0.497 e. The van der Waals surface area contributed by atoms with Gasteiger partial charge >= 0.3 is 0 Å². The molecular formula is C21H22N6O2S2. The molecule has 31 heavy (non-hydrogen) atoms. The van der Waals surface area contributed by atoms with E-state index in [1.807, 2.05) is 49.7 Å². The van der Waals surface area contributed by atoms with E-state index in [2.05, 4.69) is 25.4 Å². The van der Waals surface area contributed by atoms with Gasteiger partial charge in [0.2, 0.25) is 11.1 Å². The highest BCUT2D eigenvalue weighted by Crippen LogP contribution is 2.26. The van der Waals surface area contributed by atoms with Gasteiger partial charge in [0, 0.05) is 28.8 Å². The van der Waals surface area contributed by atoms with Gasteiger partial charge in [-0.3, -0.25) is 4.79 Å². The standard InChI is InChI=1S/C21H22N6O2S2/c1-12-16(13(2)27-19(22-12)25-21(26-27)30-4)9-10-18(28)24-20-23-17(11-31-20)14-5-7-15(29-3)8-6-14/h5-8,11H,9-10H2,1-4H3,(H,23,24,28). The van der Waals surface area contributed by atoms with E-state index < -0.39 is 0 Å². The van der Waals surface area contributed by atoms with Crippen LogP contribution in [0.5, 0.6) is 5.75 Å². The molecule has 3 heterocycles. The maximum absolute atomic E-state index is 12.5. The number of carbonyl (C=O) groups is 1. The van der Waals surface area contributed by atoms with Crippen molar-refractivity contribution in [3.05, 3.63) is 46.6 Å². The smallest absolute Gasteiger partial charge is 0.253 e. The zero-order valence-electron chi connectivity index (χ0n) is 17.7. The third-order valence-electron chi connectivity index (χ3n) is 4.95. The second-order valence-corrected chi connectivity index (χ2v) is 8.52. The van der Waals surface area contributed by atoms with Crippen LogP contribution in [-0.2, 0) is 11.2 Å². The lowest BCUT2D eigenvalue weighted by Gasteiger charge is -2.10. The molecule has 160 valence electrons. The predicted molar refractivity (Wildman–Crippen MR) is 123 cm³/mol. The van der Waals surface area contributed by atoms with Crippen molar-refractivity contribution in [1.29, 1.82) is 0 Å². The van der Waals surface area contributed by atoms with Gasteiger partial charge in [-0.15, -0.1) is 16.4 Å². The number of nitrogens with zero attached hydrogens (tertiary/aromatic N) is 5. The summed E-state index contributed by atoms with van der Waals surface area (Å²) < 4.78 is 6.93. The Morgan fingerprint density at radius 2 is 1.97 bits per heavy atom. The van der Waals surface area contributed by atoms with E-state index in [0.717, 1.165) is 34.0 Å². The molecule has 0 radical (unpaired) electrons. The number of amides is 1. The maximum Gasteiger partial charge on any atom is 0.253 e. The lowest BCUT2D eigenvalue weighted by Crippen LogP contribution is -2.14. The zero-order chi connectivity index (χ0) is 22.0. The summed E-state index contributed by atoms with van der Waals surface area (Å²) in [6.07, 6.45) is 2.83. The van der Waals surface area contributed by atoms with E-state index in [0.29, 0.717) is 28.9 Å². The third kappa shape index (κ3) is 4.54. The van der Waals surface area contributed by atoms with Crippen molar-refractivity contribution >= 4 is 39.9 Å². The van der Waals surface area contributed by atoms with Gasteiger partial charge in [0.1, 0.15) is 5.75 Å². The molecule has 0 saturated carbocycles. The first-order valence-electron chi connectivity index (χ1n) is 9.65. The Hall–Kier alpha value is -2.98. The molecule has 8 nitrogen and oxygen atoms in total. The van der Waals surface area contributed by atoms with Crippen LogP contribution in [0.2, 0.25) is 0 Å². The average molecular weight is 455 g/mol. The van der Waals surface area contributed by atoms with E-state index >= 15 is 0 Å². The van der Waals surface area contributed by atoms with Crippen molar-refractivity contribution < 1.29 is 9.53 Å². The number of ether oxygens (including phenoxy) is 1. The van der Waals surface area contributed by atoms with Crippen molar-refractivity contribution in [3.63, 3.8) is 0 Å². The molecule has 1 amide bonds. The van der Waals surface area contributed by atoms with E-state index in [4.69, 9.17) is 4.74 Å². The van der Waals surface area contributed by atoms with Gasteiger partial charge in [-0.05, 0) is 56.4 Å². The van der Waals surface area contributed by atoms with Gasteiger partial charge < -0.3 is 10.1 Å². The molecule has 0 bridgehead atoms. The highest BCUT2D eigenvalue weighted by molar-refractivity contribution is 7.98. The number of methoxy groups -OCH3 is 1. The van der Waals surface area contributed by atoms with Crippen molar-refractivity contribution in [2.45, 2.75) is 31.8 Å². The summed E-state index contributed by atoms with van der Waals surface area (Å²) in [6, 6.07) is 7.67. The molecule has 0 aliphatic rings. The molecule has 10 heteroatoms. The average Bonchev–Trinajstić information content (AvgIpc) is 3.40. The van der Waals surface area contributed by atoms with Crippen LogP contribution in [0, 0.1) is 13.8 Å². The van der Waals surface area contributed by atoms with Crippen LogP contribution in [0.3, 0.4) is 0 Å². The van der Waals surface area contributed by atoms with Crippen LogP contribution in [0.4, 0.5) is 5.13 Å². The fourth-order valence-corrected chi connectivity index (χ4v) is 4.36. The molecule has 0 atom stereocenters. The van der Waals surface area contributed by atoms with Gasteiger partial charge in [0.25, 0.3) is 5.78 Å². The Balaban J connectivity index is 1.42. The Morgan fingerprint density at radius 3 is 2.68 bits per heavy atom. The molecule has 4 aromatic rings. The SMILES string of the molecule is COc1ccc(-c2csc(NC(=O)CCc3c(C)nc4nc(SC)nn4c3C)n2)cc1. The van der Waals surface area contributed by atoms with Crippen LogP contribution >= 0.6 is 23.1 Å². The van der Waals surface area contributed by atoms with E-state index in [1.165, 1.54) is 23.1 Å². The first-order chi connectivity index (χ1) is 15.0. The molecule has 0 aliphatic heterocycles. The number of thioether (sulfide) groups is 1. The van der Waals surface area contributed by atoms with Crippen LogP contribution < -0.4 is 10.1 Å². The number of anilines is 1. The molecule has 0 unspecified atom stereocenters. The van der Waals surface area contributed by atoms with E-state index in [-0.39, 0.29) is 5.91 Å². The van der Waals surface area contributed by atoms with Crippen molar-refractivity contribution in [2.75, 3.05) is 18.7 Å². The van der Waals surface area contributed by atoms with Gasteiger partial charge in [0.05, 0.1) is 12.8 Å². The summed E-state index contributed by atoms with van der Waals surface area (Å²) >= 11 is 2.88. The van der Waals surface area contributed by atoms with Crippen LogP contribution in [0.15, 0.2) is 34.8 Å². The van der Waals surface area contributed by atoms with Crippen LogP contribution in [-0.4, -0.2) is 43.8 Å². The molecule has 0 spiro atoms.